The molecule has 17 heavy (non-hydrogen) atoms. The lowest BCUT2D eigenvalue weighted by molar-refractivity contribution is -0.119. The van der Waals surface area contributed by atoms with E-state index in [1.807, 2.05) is 0 Å². The monoisotopic (exact) mass is 241 g/mol. The van der Waals surface area contributed by atoms with Crippen molar-refractivity contribution in [3.8, 4) is 0 Å². The molecule has 0 radical (unpaired) electrons. The van der Waals surface area contributed by atoms with Gasteiger partial charge in [-0.25, -0.2) is 0 Å². The summed E-state index contributed by atoms with van der Waals surface area (Å²) in [6.45, 7) is 1.63. The van der Waals surface area contributed by atoms with Crippen LogP contribution in [0.3, 0.4) is 0 Å². The Kier molecular flexibility index (Phi) is 4.86. The molecule has 1 amide bonds. The number of carbonyl (C=O) groups excluding carboxylic acids is 2. The van der Waals surface area contributed by atoms with Crippen molar-refractivity contribution in [3.63, 3.8) is 0 Å². The van der Waals surface area contributed by atoms with E-state index in [9.17, 15) is 19.8 Å². The molecule has 0 aliphatic heterocycles. The first kappa shape index (κ1) is 13.4. The number of hydrogen-bond donors (Lipinski definition) is 3. The van der Waals surface area contributed by atoms with Crippen LogP contribution in [0.15, 0.2) is 16.5 Å². The molecule has 0 bridgehead atoms. The van der Waals surface area contributed by atoms with Crippen molar-refractivity contribution in [1.82, 2.24) is 5.32 Å². The van der Waals surface area contributed by atoms with E-state index in [1.54, 1.807) is 0 Å². The van der Waals surface area contributed by atoms with Gasteiger partial charge in [-0.3, -0.25) is 9.59 Å². The van der Waals surface area contributed by atoms with Crippen LogP contribution in [0.2, 0.25) is 0 Å². The van der Waals surface area contributed by atoms with E-state index in [4.69, 9.17) is 4.42 Å². The number of amides is 1. The lowest BCUT2D eigenvalue weighted by Crippen LogP contribution is -2.27. The zero-order valence-corrected chi connectivity index (χ0v) is 9.42. The van der Waals surface area contributed by atoms with Crippen LogP contribution in [-0.2, 0) is 4.79 Å². The van der Waals surface area contributed by atoms with Crippen molar-refractivity contribution >= 4 is 12.2 Å². The molecule has 1 rings (SSSR count). The van der Waals surface area contributed by atoms with E-state index in [0.717, 1.165) is 0 Å². The highest BCUT2D eigenvalue weighted by atomic mass is 16.4. The number of aldehydes is 1. The molecule has 2 atom stereocenters. The SMILES string of the molecule is CC(=O)NCCC(O)C(O)c1ccc(C=O)o1. The van der Waals surface area contributed by atoms with E-state index in [1.165, 1.54) is 19.1 Å². The Morgan fingerprint density at radius 2 is 2.24 bits per heavy atom. The Morgan fingerprint density at radius 3 is 2.76 bits per heavy atom. The van der Waals surface area contributed by atoms with Crippen LogP contribution in [0, 0.1) is 0 Å². The van der Waals surface area contributed by atoms with Crippen molar-refractivity contribution in [2.24, 2.45) is 0 Å². The number of nitrogens with one attached hydrogen (secondary N) is 1. The van der Waals surface area contributed by atoms with Gasteiger partial charge in [0.25, 0.3) is 0 Å². The average molecular weight is 241 g/mol. The molecule has 3 N–H and O–H groups in total. The molecule has 1 aromatic heterocycles. The first-order valence-corrected chi connectivity index (χ1v) is 5.20. The Balaban J connectivity index is 2.48. The molecule has 0 saturated heterocycles. The summed E-state index contributed by atoms with van der Waals surface area (Å²) in [4.78, 5) is 21.0. The van der Waals surface area contributed by atoms with Gasteiger partial charge in [-0.05, 0) is 18.6 Å². The summed E-state index contributed by atoms with van der Waals surface area (Å²) >= 11 is 0. The first-order chi connectivity index (χ1) is 8.04. The highest BCUT2D eigenvalue weighted by Gasteiger charge is 2.21. The number of rotatable bonds is 6. The van der Waals surface area contributed by atoms with E-state index in [0.29, 0.717) is 6.29 Å². The predicted molar refractivity (Wildman–Crippen MR) is 58.4 cm³/mol. The fraction of sp³-hybridized carbons (Fsp3) is 0.455. The molecule has 0 spiro atoms. The summed E-state index contributed by atoms with van der Waals surface area (Å²) in [5.74, 6) is 0.0171. The van der Waals surface area contributed by atoms with E-state index < -0.39 is 12.2 Å². The van der Waals surface area contributed by atoms with Gasteiger partial charge in [-0.15, -0.1) is 0 Å². The van der Waals surface area contributed by atoms with Gasteiger partial charge >= 0.3 is 0 Å². The van der Waals surface area contributed by atoms with Crippen molar-refractivity contribution in [3.05, 3.63) is 23.7 Å². The lowest BCUT2D eigenvalue weighted by Gasteiger charge is -2.15. The van der Waals surface area contributed by atoms with Crippen LogP contribution < -0.4 is 5.32 Å². The molecule has 6 nitrogen and oxygen atoms in total. The minimum Gasteiger partial charge on any atom is -0.455 e. The Bertz CT molecular complexity index is 387. The molecular formula is C11H15NO5. The average Bonchev–Trinajstić information content (AvgIpc) is 2.75. The van der Waals surface area contributed by atoms with Crippen LogP contribution in [0.1, 0.15) is 35.8 Å². The molecule has 0 aliphatic rings. The summed E-state index contributed by atoms with van der Waals surface area (Å²) in [6, 6.07) is 2.84. The second-order valence-electron chi connectivity index (χ2n) is 3.64. The molecule has 2 unspecified atom stereocenters. The smallest absolute Gasteiger partial charge is 0.216 e. The third-order valence-electron chi connectivity index (χ3n) is 2.23. The summed E-state index contributed by atoms with van der Waals surface area (Å²) in [5.41, 5.74) is 0. The number of aliphatic hydroxyl groups excluding tert-OH is 2. The van der Waals surface area contributed by atoms with Gasteiger partial charge < -0.3 is 19.9 Å². The summed E-state index contributed by atoms with van der Waals surface area (Å²) in [6.07, 6.45) is -1.57. The van der Waals surface area contributed by atoms with Gasteiger partial charge in [-0.2, -0.15) is 0 Å². The van der Waals surface area contributed by atoms with Gasteiger partial charge in [0.15, 0.2) is 12.0 Å². The van der Waals surface area contributed by atoms with Gasteiger partial charge in [0.2, 0.25) is 5.91 Å². The molecule has 94 valence electrons. The molecule has 1 aromatic rings. The maximum absolute atomic E-state index is 10.6. The number of carbonyl (C=O) groups is 2. The second-order valence-corrected chi connectivity index (χ2v) is 3.64. The molecular weight excluding hydrogens is 226 g/mol. The quantitative estimate of drug-likeness (QED) is 0.609. The fourth-order valence-corrected chi connectivity index (χ4v) is 1.33. The fourth-order valence-electron chi connectivity index (χ4n) is 1.33. The number of furan rings is 1. The van der Waals surface area contributed by atoms with Crippen molar-refractivity contribution < 1.29 is 24.2 Å². The summed E-state index contributed by atoms with van der Waals surface area (Å²) in [7, 11) is 0. The zero-order chi connectivity index (χ0) is 12.8. The largest absolute Gasteiger partial charge is 0.455 e. The third kappa shape index (κ3) is 4.01. The molecule has 0 aromatic carbocycles. The maximum atomic E-state index is 10.6. The van der Waals surface area contributed by atoms with Crippen molar-refractivity contribution in [1.29, 1.82) is 0 Å². The van der Waals surface area contributed by atoms with Crippen LogP contribution in [0.25, 0.3) is 0 Å². The van der Waals surface area contributed by atoms with E-state index in [-0.39, 0.29) is 30.4 Å². The van der Waals surface area contributed by atoms with Crippen LogP contribution >= 0.6 is 0 Å². The van der Waals surface area contributed by atoms with E-state index >= 15 is 0 Å². The minimum absolute atomic E-state index is 0.0908. The maximum Gasteiger partial charge on any atom is 0.216 e. The van der Waals surface area contributed by atoms with Gasteiger partial charge in [-0.1, -0.05) is 0 Å². The number of hydrogen-bond acceptors (Lipinski definition) is 5. The zero-order valence-electron chi connectivity index (χ0n) is 9.42. The van der Waals surface area contributed by atoms with Crippen molar-refractivity contribution in [2.45, 2.75) is 25.6 Å². The molecule has 1 heterocycles. The lowest BCUT2D eigenvalue weighted by atomic mass is 10.1. The molecule has 0 fully saturated rings. The third-order valence-corrected chi connectivity index (χ3v) is 2.23. The molecule has 0 aliphatic carbocycles. The number of aliphatic hydroxyl groups is 2. The highest BCUT2D eigenvalue weighted by Crippen LogP contribution is 2.20. The summed E-state index contributed by atoms with van der Waals surface area (Å²) in [5, 5.41) is 21.8. The van der Waals surface area contributed by atoms with E-state index in [2.05, 4.69) is 5.32 Å². The highest BCUT2D eigenvalue weighted by molar-refractivity contribution is 5.72. The minimum atomic E-state index is -1.21. The Morgan fingerprint density at radius 1 is 1.53 bits per heavy atom. The second kappa shape index (κ2) is 6.17. The van der Waals surface area contributed by atoms with Gasteiger partial charge in [0.1, 0.15) is 11.9 Å². The Labute approximate surface area is 98.2 Å². The molecule has 6 heteroatoms. The first-order valence-electron chi connectivity index (χ1n) is 5.20. The molecule has 0 saturated carbocycles. The summed E-state index contributed by atoms with van der Waals surface area (Å²) < 4.78 is 4.98. The Hall–Kier alpha value is -1.66. The van der Waals surface area contributed by atoms with Crippen LogP contribution in [0.5, 0.6) is 0 Å². The van der Waals surface area contributed by atoms with Crippen LogP contribution in [-0.4, -0.2) is 35.1 Å². The standard InChI is InChI=1S/C11H15NO5/c1-7(14)12-5-4-9(15)11(16)10-3-2-8(6-13)17-10/h2-3,6,9,11,15-16H,4-5H2,1H3,(H,12,14). The van der Waals surface area contributed by atoms with Gasteiger partial charge in [0.05, 0.1) is 6.10 Å². The van der Waals surface area contributed by atoms with Gasteiger partial charge in [0, 0.05) is 13.5 Å². The predicted octanol–water partition coefficient (Wildman–Crippen LogP) is 0.0126. The topological polar surface area (TPSA) is 99.8 Å². The van der Waals surface area contributed by atoms with Crippen LogP contribution in [0.4, 0.5) is 0 Å². The van der Waals surface area contributed by atoms with Crippen molar-refractivity contribution in [2.75, 3.05) is 6.54 Å². The normalized spacial score (nSPS) is 14.1.